The van der Waals surface area contributed by atoms with E-state index >= 15 is 0 Å². The number of fused-ring (bicyclic) bond motifs is 1. The highest BCUT2D eigenvalue weighted by atomic mass is 35.5. The maximum Gasteiger partial charge on any atom is 0.258 e. The van der Waals surface area contributed by atoms with Crippen molar-refractivity contribution < 1.29 is 9.53 Å². The number of nitrogens with one attached hydrogen (secondary N) is 1. The molecule has 0 aliphatic heterocycles. The molecule has 1 amide bonds. The van der Waals surface area contributed by atoms with Gasteiger partial charge >= 0.3 is 0 Å². The minimum atomic E-state index is -0.178. The molecular formula is C18H18ClN3O2. The smallest absolute Gasteiger partial charge is 0.258 e. The molecule has 0 atom stereocenters. The van der Waals surface area contributed by atoms with E-state index in [9.17, 15) is 4.79 Å². The molecule has 0 fully saturated rings. The van der Waals surface area contributed by atoms with Crippen molar-refractivity contribution in [2.75, 3.05) is 6.61 Å². The summed E-state index contributed by atoms with van der Waals surface area (Å²) in [6.45, 7) is 2.37. The molecule has 3 aromatic rings. The summed E-state index contributed by atoms with van der Waals surface area (Å²) in [4.78, 5) is 16.4. The largest absolute Gasteiger partial charge is 0.484 e. The van der Waals surface area contributed by atoms with Crippen LogP contribution < -0.4 is 10.1 Å². The van der Waals surface area contributed by atoms with Gasteiger partial charge in [0.1, 0.15) is 11.6 Å². The second kappa shape index (κ2) is 6.93. The Morgan fingerprint density at radius 1 is 1.25 bits per heavy atom. The van der Waals surface area contributed by atoms with Gasteiger partial charge in [0, 0.05) is 18.6 Å². The maximum absolute atomic E-state index is 11.9. The van der Waals surface area contributed by atoms with E-state index in [0.717, 1.165) is 22.4 Å². The molecule has 5 nitrogen and oxygen atoms in total. The topological polar surface area (TPSA) is 56.1 Å². The van der Waals surface area contributed by atoms with Crippen LogP contribution in [0.3, 0.4) is 0 Å². The van der Waals surface area contributed by atoms with E-state index in [2.05, 4.69) is 10.3 Å². The lowest BCUT2D eigenvalue weighted by Gasteiger charge is -2.08. The lowest BCUT2D eigenvalue weighted by Crippen LogP contribution is -2.28. The predicted octanol–water partition coefficient (Wildman–Crippen LogP) is 3.23. The van der Waals surface area contributed by atoms with Gasteiger partial charge in [-0.15, -0.1) is 0 Å². The molecule has 2 aromatic carbocycles. The molecule has 24 heavy (non-hydrogen) atoms. The number of halogens is 1. The van der Waals surface area contributed by atoms with Crippen molar-refractivity contribution in [3.05, 3.63) is 58.9 Å². The van der Waals surface area contributed by atoms with Gasteiger partial charge in [-0.25, -0.2) is 4.98 Å². The summed E-state index contributed by atoms with van der Waals surface area (Å²) in [5.41, 5.74) is 3.01. The second-order valence-electron chi connectivity index (χ2n) is 5.56. The Morgan fingerprint density at radius 2 is 2.00 bits per heavy atom. The maximum atomic E-state index is 11.9. The summed E-state index contributed by atoms with van der Waals surface area (Å²) in [7, 11) is 1.99. The molecule has 124 valence electrons. The molecule has 1 heterocycles. The molecule has 6 heteroatoms. The van der Waals surface area contributed by atoms with Crippen molar-refractivity contribution in [3.8, 4) is 5.75 Å². The molecule has 0 aliphatic rings. The first-order chi connectivity index (χ1) is 11.5. The highest BCUT2D eigenvalue weighted by Gasteiger charge is 2.07. The third-order valence-corrected chi connectivity index (χ3v) is 4.09. The summed E-state index contributed by atoms with van der Waals surface area (Å²) in [5, 5.41) is 3.47. The van der Waals surface area contributed by atoms with Gasteiger partial charge in [-0.1, -0.05) is 17.7 Å². The van der Waals surface area contributed by atoms with E-state index in [1.54, 1.807) is 24.3 Å². The van der Waals surface area contributed by atoms with Gasteiger partial charge in [0.25, 0.3) is 5.91 Å². The van der Waals surface area contributed by atoms with Gasteiger partial charge in [-0.3, -0.25) is 4.79 Å². The van der Waals surface area contributed by atoms with E-state index in [1.165, 1.54) is 0 Å². The number of ether oxygens (including phenoxy) is 1. The number of hydrogen-bond acceptors (Lipinski definition) is 3. The number of rotatable bonds is 5. The van der Waals surface area contributed by atoms with Crippen LogP contribution in [-0.4, -0.2) is 22.1 Å². The molecule has 0 aliphatic carbocycles. The molecule has 0 unspecified atom stereocenters. The first-order valence-electron chi connectivity index (χ1n) is 7.60. The number of hydrogen-bond donors (Lipinski definition) is 1. The van der Waals surface area contributed by atoms with Crippen molar-refractivity contribution >= 4 is 28.5 Å². The number of nitrogens with zero attached hydrogens (tertiary/aromatic N) is 2. The summed E-state index contributed by atoms with van der Waals surface area (Å²) in [6.07, 6.45) is 0. The van der Waals surface area contributed by atoms with Crippen LogP contribution in [0.25, 0.3) is 11.0 Å². The number of aromatic nitrogens is 2. The Bertz CT molecular complexity index is 872. The van der Waals surface area contributed by atoms with Crippen molar-refractivity contribution in [2.24, 2.45) is 7.05 Å². The first-order valence-corrected chi connectivity index (χ1v) is 7.98. The molecule has 0 saturated carbocycles. The fourth-order valence-corrected chi connectivity index (χ4v) is 2.53. The zero-order chi connectivity index (χ0) is 17.1. The SMILES string of the molecule is Cc1nc2cc(CNC(=O)COc3ccc(Cl)cc3)ccc2n1C. The van der Waals surface area contributed by atoms with E-state index in [-0.39, 0.29) is 12.5 Å². The molecular weight excluding hydrogens is 326 g/mol. The van der Waals surface area contributed by atoms with Crippen LogP contribution in [0, 0.1) is 6.92 Å². The van der Waals surface area contributed by atoms with E-state index in [0.29, 0.717) is 17.3 Å². The zero-order valence-electron chi connectivity index (χ0n) is 13.5. The van der Waals surface area contributed by atoms with Crippen LogP contribution in [0.2, 0.25) is 5.02 Å². The fraction of sp³-hybridized carbons (Fsp3) is 0.222. The van der Waals surface area contributed by atoms with Crippen LogP contribution in [0.4, 0.5) is 0 Å². The second-order valence-corrected chi connectivity index (χ2v) is 6.00. The Balaban J connectivity index is 1.55. The van der Waals surface area contributed by atoms with Gasteiger partial charge in [0.15, 0.2) is 6.61 Å². The first kappa shape index (κ1) is 16.3. The van der Waals surface area contributed by atoms with E-state index in [4.69, 9.17) is 16.3 Å². The molecule has 0 saturated heterocycles. The van der Waals surface area contributed by atoms with Crippen molar-refractivity contribution in [1.82, 2.24) is 14.9 Å². The highest BCUT2D eigenvalue weighted by Crippen LogP contribution is 2.17. The number of benzene rings is 2. The van der Waals surface area contributed by atoms with Gasteiger partial charge < -0.3 is 14.6 Å². The number of aryl methyl sites for hydroxylation is 2. The molecule has 1 N–H and O–H groups in total. The highest BCUT2D eigenvalue weighted by molar-refractivity contribution is 6.30. The normalized spacial score (nSPS) is 10.8. The lowest BCUT2D eigenvalue weighted by molar-refractivity contribution is -0.123. The van der Waals surface area contributed by atoms with Gasteiger partial charge in [-0.2, -0.15) is 0 Å². The standard InChI is InChI=1S/C18H18ClN3O2/c1-12-21-16-9-13(3-8-17(16)22(12)2)10-20-18(23)11-24-15-6-4-14(19)5-7-15/h3-9H,10-11H2,1-2H3,(H,20,23). The number of imidazole rings is 1. The number of carbonyl (C=O) groups is 1. The minimum Gasteiger partial charge on any atom is -0.484 e. The quantitative estimate of drug-likeness (QED) is 0.773. The van der Waals surface area contributed by atoms with Gasteiger partial charge in [0.2, 0.25) is 0 Å². The summed E-state index contributed by atoms with van der Waals surface area (Å²) in [6, 6.07) is 12.9. The van der Waals surface area contributed by atoms with Crippen LogP contribution in [-0.2, 0) is 18.4 Å². The number of amides is 1. The third-order valence-electron chi connectivity index (χ3n) is 3.84. The Kier molecular flexibility index (Phi) is 4.71. The monoisotopic (exact) mass is 343 g/mol. The van der Waals surface area contributed by atoms with Crippen molar-refractivity contribution in [2.45, 2.75) is 13.5 Å². The molecule has 1 aromatic heterocycles. The Morgan fingerprint density at radius 3 is 2.75 bits per heavy atom. The van der Waals surface area contributed by atoms with Crippen LogP contribution in [0.5, 0.6) is 5.75 Å². The van der Waals surface area contributed by atoms with Crippen molar-refractivity contribution in [1.29, 1.82) is 0 Å². The minimum absolute atomic E-state index is 0.0351. The molecule has 0 spiro atoms. The zero-order valence-corrected chi connectivity index (χ0v) is 14.3. The summed E-state index contributed by atoms with van der Waals surface area (Å²) >= 11 is 5.80. The van der Waals surface area contributed by atoms with Gasteiger partial charge in [0.05, 0.1) is 11.0 Å². The van der Waals surface area contributed by atoms with E-state index in [1.807, 2.05) is 36.7 Å². The summed E-state index contributed by atoms with van der Waals surface area (Å²) < 4.78 is 7.45. The molecule has 3 rings (SSSR count). The lowest BCUT2D eigenvalue weighted by atomic mass is 10.2. The Labute approximate surface area is 145 Å². The van der Waals surface area contributed by atoms with Crippen LogP contribution in [0.1, 0.15) is 11.4 Å². The number of carbonyl (C=O) groups excluding carboxylic acids is 1. The molecule has 0 bridgehead atoms. The third kappa shape index (κ3) is 3.68. The average molecular weight is 344 g/mol. The molecule has 0 radical (unpaired) electrons. The van der Waals surface area contributed by atoms with E-state index < -0.39 is 0 Å². The Hall–Kier alpha value is -2.53. The van der Waals surface area contributed by atoms with Crippen molar-refractivity contribution in [3.63, 3.8) is 0 Å². The predicted molar refractivity (Wildman–Crippen MR) is 94.2 cm³/mol. The van der Waals surface area contributed by atoms with Crippen LogP contribution in [0.15, 0.2) is 42.5 Å². The average Bonchev–Trinajstić information content (AvgIpc) is 2.86. The summed E-state index contributed by atoms with van der Waals surface area (Å²) in [5.74, 6) is 1.39. The van der Waals surface area contributed by atoms with Gasteiger partial charge in [-0.05, 0) is 48.9 Å². The fourth-order valence-electron chi connectivity index (χ4n) is 2.41. The van der Waals surface area contributed by atoms with Crippen LogP contribution >= 0.6 is 11.6 Å².